The second kappa shape index (κ2) is 15.0. The first-order valence-corrected chi connectivity index (χ1v) is 17.7. The lowest BCUT2D eigenvalue weighted by Crippen LogP contribution is -2.09. The number of hydrogen-bond donors (Lipinski definition) is 0. The predicted molar refractivity (Wildman–Crippen MR) is 200 cm³/mol. The molecule has 6 rings (SSSR count). The Bertz CT molecular complexity index is 1970. The van der Waals surface area contributed by atoms with Gasteiger partial charge in [-0.2, -0.15) is 0 Å². The molecule has 6 aromatic carbocycles. The minimum Gasteiger partial charge on any atom is -0.425 e. The smallest absolute Gasteiger partial charge is 0.311 e. The van der Waals surface area contributed by atoms with E-state index in [0.29, 0.717) is 24.3 Å². The Kier molecular flexibility index (Phi) is 10.4. The zero-order valence-electron chi connectivity index (χ0n) is 28.8. The third kappa shape index (κ3) is 6.80. The summed E-state index contributed by atoms with van der Waals surface area (Å²) in [5.74, 6) is 0.844. The van der Waals surface area contributed by atoms with Gasteiger partial charge in [0, 0.05) is 34.4 Å². The Balaban J connectivity index is 1.60. The first kappa shape index (κ1) is 33.2. The van der Waals surface area contributed by atoms with E-state index in [0.717, 1.165) is 117 Å². The van der Waals surface area contributed by atoms with Gasteiger partial charge in [0.25, 0.3) is 0 Å². The molecule has 0 saturated carbocycles. The fourth-order valence-corrected chi connectivity index (χ4v) is 6.99. The van der Waals surface area contributed by atoms with Crippen LogP contribution >= 0.6 is 0 Å². The van der Waals surface area contributed by atoms with Crippen molar-refractivity contribution in [2.45, 2.75) is 91.9 Å². The molecule has 0 spiro atoms. The van der Waals surface area contributed by atoms with Crippen molar-refractivity contribution in [3.8, 4) is 22.6 Å². The predicted octanol–water partition coefficient (Wildman–Crippen LogP) is 12.3. The summed E-state index contributed by atoms with van der Waals surface area (Å²) in [5.41, 5.74) is 4.34. The van der Waals surface area contributed by atoms with E-state index >= 15 is 0 Å². The largest absolute Gasteiger partial charge is 0.425 e. The number of esters is 2. The van der Waals surface area contributed by atoms with Crippen LogP contribution in [-0.2, 0) is 9.59 Å². The van der Waals surface area contributed by atoms with Crippen molar-refractivity contribution in [3.63, 3.8) is 0 Å². The van der Waals surface area contributed by atoms with Gasteiger partial charge in [-0.15, -0.1) is 0 Å². The van der Waals surface area contributed by atoms with Crippen LogP contribution in [0.25, 0.3) is 54.2 Å². The number of benzene rings is 6. The zero-order valence-corrected chi connectivity index (χ0v) is 28.8. The zero-order chi connectivity index (χ0) is 33.6. The van der Waals surface area contributed by atoms with Gasteiger partial charge in [-0.3, -0.25) is 9.59 Å². The number of ether oxygens (including phenoxy) is 2. The van der Waals surface area contributed by atoms with Gasteiger partial charge in [-0.1, -0.05) is 136 Å². The lowest BCUT2D eigenvalue weighted by atomic mass is 9.85. The molecular formula is C44H46O4. The Labute approximate surface area is 284 Å². The first-order valence-electron chi connectivity index (χ1n) is 17.7. The lowest BCUT2D eigenvalue weighted by Gasteiger charge is -2.22. The summed E-state index contributed by atoms with van der Waals surface area (Å²) < 4.78 is 12.5. The van der Waals surface area contributed by atoms with Crippen molar-refractivity contribution in [3.05, 3.63) is 96.1 Å². The standard InChI is InChI=1S/C44H46O4/c1-5-7-9-11-21-39(45)47-43-35-19-15-13-17-31(35)41(33-25-23-29(3)27-37(33)43)42-32-18-14-16-20-36(32)44(38-28-30(4)24-26-34(38)42)48-40(46)22-12-10-8-6-2/h13-20,23-28H,5-12,21-22H2,1-4H3. The molecule has 0 atom stereocenters. The molecule has 0 heterocycles. The van der Waals surface area contributed by atoms with Gasteiger partial charge in [-0.25, -0.2) is 0 Å². The van der Waals surface area contributed by atoms with Gasteiger partial charge in [0.15, 0.2) is 0 Å². The number of unbranched alkanes of at least 4 members (excludes halogenated alkanes) is 6. The number of carbonyl (C=O) groups is 2. The summed E-state index contributed by atoms with van der Waals surface area (Å²) in [5, 5.41) is 7.68. The second-order valence-corrected chi connectivity index (χ2v) is 13.2. The van der Waals surface area contributed by atoms with Crippen LogP contribution in [0, 0.1) is 13.8 Å². The van der Waals surface area contributed by atoms with Crippen molar-refractivity contribution < 1.29 is 19.1 Å². The second-order valence-electron chi connectivity index (χ2n) is 13.2. The number of hydrogen-bond acceptors (Lipinski definition) is 4. The number of aryl methyl sites for hydroxylation is 2. The van der Waals surface area contributed by atoms with Crippen LogP contribution in [0.1, 0.15) is 89.2 Å². The molecule has 246 valence electrons. The molecule has 0 bridgehead atoms. The number of rotatable bonds is 13. The molecule has 6 aromatic rings. The number of fused-ring (bicyclic) bond motifs is 4. The molecule has 4 nitrogen and oxygen atoms in total. The molecule has 0 aliphatic carbocycles. The van der Waals surface area contributed by atoms with E-state index < -0.39 is 0 Å². The average Bonchev–Trinajstić information content (AvgIpc) is 3.09. The van der Waals surface area contributed by atoms with Gasteiger partial charge in [-0.05, 0) is 71.5 Å². The molecule has 0 N–H and O–H groups in total. The third-order valence-electron chi connectivity index (χ3n) is 9.41. The van der Waals surface area contributed by atoms with E-state index in [9.17, 15) is 9.59 Å². The summed E-state index contributed by atoms with van der Waals surface area (Å²) in [6.07, 6.45) is 8.97. The van der Waals surface area contributed by atoms with E-state index in [1.807, 2.05) is 24.3 Å². The summed E-state index contributed by atoms with van der Waals surface area (Å²) >= 11 is 0. The van der Waals surface area contributed by atoms with Crippen LogP contribution in [0.4, 0.5) is 0 Å². The Hall–Kier alpha value is -4.70. The van der Waals surface area contributed by atoms with Crippen LogP contribution < -0.4 is 9.47 Å². The van der Waals surface area contributed by atoms with E-state index in [1.165, 1.54) is 0 Å². The average molecular weight is 639 g/mol. The van der Waals surface area contributed by atoms with Crippen molar-refractivity contribution in [1.82, 2.24) is 0 Å². The third-order valence-corrected chi connectivity index (χ3v) is 9.41. The van der Waals surface area contributed by atoms with E-state index in [1.54, 1.807) is 0 Å². The molecule has 0 saturated heterocycles. The molecule has 0 fully saturated rings. The fourth-order valence-electron chi connectivity index (χ4n) is 6.99. The molecule has 0 unspecified atom stereocenters. The maximum atomic E-state index is 13.2. The summed E-state index contributed by atoms with van der Waals surface area (Å²) in [6.45, 7) is 8.49. The molecule has 0 aliphatic rings. The maximum absolute atomic E-state index is 13.2. The molecular weight excluding hydrogens is 592 g/mol. The van der Waals surface area contributed by atoms with Gasteiger partial charge in [0.2, 0.25) is 0 Å². The highest BCUT2D eigenvalue weighted by molar-refractivity contribution is 6.27. The SMILES string of the molecule is CCCCCCC(=O)Oc1c2ccccc2c(-c2c3ccccc3c(OC(=O)CCCCCC)c3cc(C)ccc23)c2ccc(C)cc12. The van der Waals surface area contributed by atoms with Gasteiger partial charge >= 0.3 is 11.9 Å². The summed E-state index contributed by atoms with van der Waals surface area (Å²) in [6, 6.07) is 29.3. The van der Waals surface area contributed by atoms with Gasteiger partial charge < -0.3 is 9.47 Å². The van der Waals surface area contributed by atoms with Gasteiger partial charge in [0.1, 0.15) is 11.5 Å². The molecule has 0 amide bonds. The first-order chi connectivity index (χ1) is 23.4. The van der Waals surface area contributed by atoms with Crippen LogP contribution in [0.15, 0.2) is 84.9 Å². The van der Waals surface area contributed by atoms with Crippen LogP contribution in [0.2, 0.25) is 0 Å². The topological polar surface area (TPSA) is 52.6 Å². The van der Waals surface area contributed by atoms with Crippen molar-refractivity contribution >= 4 is 55.0 Å². The summed E-state index contributed by atoms with van der Waals surface area (Å²) in [4.78, 5) is 26.5. The van der Waals surface area contributed by atoms with Crippen LogP contribution in [0.3, 0.4) is 0 Å². The highest BCUT2D eigenvalue weighted by Crippen LogP contribution is 2.50. The highest BCUT2D eigenvalue weighted by Gasteiger charge is 2.24. The molecule has 0 aromatic heterocycles. The van der Waals surface area contributed by atoms with E-state index in [-0.39, 0.29) is 11.9 Å². The minimum absolute atomic E-state index is 0.195. The van der Waals surface area contributed by atoms with Crippen molar-refractivity contribution in [2.75, 3.05) is 0 Å². The fraction of sp³-hybridized carbons (Fsp3) is 0.318. The van der Waals surface area contributed by atoms with Gasteiger partial charge in [0.05, 0.1) is 0 Å². The van der Waals surface area contributed by atoms with Crippen LogP contribution in [0.5, 0.6) is 11.5 Å². The molecule has 4 heteroatoms. The normalized spacial score (nSPS) is 11.5. The quantitative estimate of drug-likeness (QED) is 0.0547. The Morgan fingerprint density at radius 1 is 0.458 bits per heavy atom. The van der Waals surface area contributed by atoms with E-state index in [4.69, 9.17) is 9.47 Å². The highest BCUT2D eigenvalue weighted by atomic mass is 16.5. The van der Waals surface area contributed by atoms with Crippen molar-refractivity contribution in [1.29, 1.82) is 0 Å². The van der Waals surface area contributed by atoms with Crippen LogP contribution in [-0.4, -0.2) is 11.9 Å². The van der Waals surface area contributed by atoms with Crippen molar-refractivity contribution in [2.24, 2.45) is 0 Å². The summed E-state index contributed by atoms with van der Waals surface area (Å²) in [7, 11) is 0. The minimum atomic E-state index is -0.195. The molecule has 0 radical (unpaired) electrons. The Morgan fingerprint density at radius 2 is 0.833 bits per heavy atom. The molecule has 48 heavy (non-hydrogen) atoms. The molecule has 0 aliphatic heterocycles. The lowest BCUT2D eigenvalue weighted by molar-refractivity contribution is -0.135. The Morgan fingerprint density at radius 3 is 1.23 bits per heavy atom. The number of carbonyl (C=O) groups excluding carboxylic acids is 2. The monoisotopic (exact) mass is 638 g/mol. The maximum Gasteiger partial charge on any atom is 0.311 e. The van der Waals surface area contributed by atoms with E-state index in [2.05, 4.69) is 88.4 Å².